The first kappa shape index (κ1) is 15.0. The van der Waals surface area contributed by atoms with Crippen molar-refractivity contribution in [2.45, 2.75) is 13.8 Å². The Hall–Kier alpha value is -2.43. The van der Waals surface area contributed by atoms with E-state index in [1.54, 1.807) is 11.9 Å². The largest absolute Gasteiger partial charge is 0.371 e. The van der Waals surface area contributed by atoms with E-state index in [0.29, 0.717) is 6.54 Å². The van der Waals surface area contributed by atoms with Crippen LogP contribution in [0.1, 0.15) is 22.8 Å². The van der Waals surface area contributed by atoms with E-state index in [0.717, 1.165) is 11.3 Å². The molecule has 0 unspecified atom stereocenters. The van der Waals surface area contributed by atoms with E-state index in [9.17, 15) is 9.18 Å². The highest BCUT2D eigenvalue weighted by atomic mass is 19.1. The molecule has 2 rings (SSSR count). The molecule has 0 aliphatic heterocycles. The summed E-state index contributed by atoms with van der Waals surface area (Å²) in [5, 5.41) is 2.64. The lowest BCUT2D eigenvalue weighted by Gasteiger charge is -2.22. The molecule has 2 aromatic rings. The summed E-state index contributed by atoms with van der Waals surface area (Å²) < 4.78 is 14.2. The Labute approximate surface area is 123 Å². The molecule has 1 heterocycles. The van der Waals surface area contributed by atoms with Gasteiger partial charge in [0.15, 0.2) is 11.6 Å². The van der Waals surface area contributed by atoms with Crippen molar-refractivity contribution in [3.8, 4) is 0 Å². The minimum atomic E-state index is -0.629. The van der Waals surface area contributed by atoms with Crippen LogP contribution in [0.3, 0.4) is 0 Å². The number of benzene rings is 1. The molecule has 1 aromatic heterocycles. The zero-order valence-electron chi connectivity index (χ0n) is 12.4. The highest BCUT2D eigenvalue weighted by Gasteiger charge is 2.21. The molecule has 0 atom stereocenters. The van der Waals surface area contributed by atoms with Crippen LogP contribution in [0.2, 0.25) is 0 Å². The molecule has 21 heavy (non-hydrogen) atoms. The van der Waals surface area contributed by atoms with Crippen LogP contribution < -0.4 is 10.2 Å². The summed E-state index contributed by atoms with van der Waals surface area (Å²) in [6, 6.07) is 8.97. The summed E-state index contributed by atoms with van der Waals surface area (Å²) in [6.45, 7) is 4.27. The molecule has 4 nitrogen and oxygen atoms in total. The smallest absolute Gasteiger partial charge is 0.261 e. The number of halogens is 1. The molecule has 1 aromatic carbocycles. The van der Waals surface area contributed by atoms with E-state index in [4.69, 9.17) is 0 Å². The van der Waals surface area contributed by atoms with Crippen molar-refractivity contribution in [2.75, 3.05) is 23.8 Å². The average molecular weight is 287 g/mol. The zero-order chi connectivity index (χ0) is 15.4. The van der Waals surface area contributed by atoms with Crippen LogP contribution in [0.5, 0.6) is 0 Å². The molecule has 110 valence electrons. The van der Waals surface area contributed by atoms with Gasteiger partial charge in [0.1, 0.15) is 0 Å². The van der Waals surface area contributed by atoms with E-state index in [1.807, 2.05) is 38.1 Å². The Morgan fingerprint density at radius 2 is 2.14 bits per heavy atom. The maximum atomic E-state index is 14.2. The topological polar surface area (TPSA) is 45.2 Å². The van der Waals surface area contributed by atoms with E-state index >= 15 is 0 Å². The van der Waals surface area contributed by atoms with Crippen molar-refractivity contribution in [1.29, 1.82) is 0 Å². The fraction of sp³-hybridized carbons (Fsp3) is 0.250. The quantitative estimate of drug-likeness (QED) is 0.939. The SMILES string of the molecule is CCN(C(=O)c1ccnc(NC)c1F)c1cccc(C)c1. The molecule has 0 saturated carbocycles. The maximum Gasteiger partial charge on any atom is 0.261 e. The number of carbonyl (C=O) groups is 1. The van der Waals surface area contributed by atoms with Gasteiger partial charge in [0.25, 0.3) is 5.91 Å². The van der Waals surface area contributed by atoms with Crippen LogP contribution in [0.4, 0.5) is 15.9 Å². The molecule has 0 aliphatic carbocycles. The number of anilines is 2. The molecule has 0 bridgehead atoms. The van der Waals surface area contributed by atoms with E-state index < -0.39 is 5.82 Å². The highest BCUT2D eigenvalue weighted by Crippen LogP contribution is 2.21. The average Bonchev–Trinajstić information content (AvgIpc) is 2.48. The number of pyridine rings is 1. The molecule has 0 saturated heterocycles. The van der Waals surface area contributed by atoms with Gasteiger partial charge < -0.3 is 10.2 Å². The van der Waals surface area contributed by atoms with Gasteiger partial charge in [-0.2, -0.15) is 0 Å². The standard InChI is InChI=1S/C16H18FN3O/c1-4-20(12-7-5-6-11(2)10-12)16(21)13-8-9-19-15(18-3)14(13)17/h5-10H,4H2,1-3H3,(H,18,19). The van der Waals surface area contributed by atoms with Crippen molar-refractivity contribution < 1.29 is 9.18 Å². The fourth-order valence-electron chi connectivity index (χ4n) is 2.17. The number of hydrogen-bond acceptors (Lipinski definition) is 3. The van der Waals surface area contributed by atoms with Crippen molar-refractivity contribution in [3.05, 3.63) is 53.5 Å². The molecule has 1 amide bonds. The first-order valence-electron chi connectivity index (χ1n) is 6.79. The first-order chi connectivity index (χ1) is 10.1. The van der Waals surface area contributed by atoms with Crippen LogP contribution >= 0.6 is 0 Å². The van der Waals surface area contributed by atoms with Gasteiger partial charge in [0.2, 0.25) is 0 Å². The van der Waals surface area contributed by atoms with Crippen LogP contribution in [-0.4, -0.2) is 24.5 Å². The Balaban J connectivity index is 2.42. The third-order valence-corrected chi connectivity index (χ3v) is 3.23. The number of rotatable bonds is 4. The predicted molar refractivity (Wildman–Crippen MR) is 82.3 cm³/mol. The van der Waals surface area contributed by atoms with Crippen molar-refractivity contribution in [1.82, 2.24) is 4.98 Å². The fourth-order valence-corrected chi connectivity index (χ4v) is 2.17. The minimum absolute atomic E-state index is 0.0118. The summed E-state index contributed by atoms with van der Waals surface area (Å²) >= 11 is 0. The summed E-state index contributed by atoms with van der Waals surface area (Å²) in [7, 11) is 1.57. The van der Waals surface area contributed by atoms with Gasteiger partial charge in [-0.25, -0.2) is 9.37 Å². The number of aromatic nitrogens is 1. The Bertz CT molecular complexity index is 658. The van der Waals surface area contributed by atoms with Crippen molar-refractivity contribution in [3.63, 3.8) is 0 Å². The number of hydrogen-bond donors (Lipinski definition) is 1. The Kier molecular flexibility index (Phi) is 4.52. The number of aryl methyl sites for hydroxylation is 1. The van der Waals surface area contributed by atoms with Crippen LogP contribution in [-0.2, 0) is 0 Å². The second kappa shape index (κ2) is 6.35. The van der Waals surface area contributed by atoms with Gasteiger partial charge >= 0.3 is 0 Å². The van der Waals surface area contributed by atoms with Crippen LogP contribution in [0.15, 0.2) is 36.5 Å². The molecular formula is C16H18FN3O. The number of carbonyl (C=O) groups excluding carboxylic acids is 1. The van der Waals surface area contributed by atoms with Gasteiger partial charge in [-0.15, -0.1) is 0 Å². The van der Waals surface area contributed by atoms with Crippen molar-refractivity contribution >= 4 is 17.4 Å². The summed E-state index contributed by atoms with van der Waals surface area (Å²) in [6.07, 6.45) is 1.42. The zero-order valence-corrected chi connectivity index (χ0v) is 12.4. The molecule has 5 heteroatoms. The lowest BCUT2D eigenvalue weighted by Crippen LogP contribution is -2.31. The van der Waals surface area contributed by atoms with E-state index in [1.165, 1.54) is 12.3 Å². The van der Waals surface area contributed by atoms with Gasteiger partial charge in [-0.1, -0.05) is 12.1 Å². The third-order valence-electron chi connectivity index (χ3n) is 3.23. The Morgan fingerprint density at radius 1 is 1.38 bits per heavy atom. The summed E-state index contributed by atoms with van der Waals surface area (Å²) in [5.74, 6) is -0.934. The third kappa shape index (κ3) is 3.02. The van der Waals surface area contributed by atoms with E-state index in [2.05, 4.69) is 10.3 Å². The Morgan fingerprint density at radius 3 is 2.76 bits per heavy atom. The lowest BCUT2D eigenvalue weighted by atomic mass is 10.1. The van der Waals surface area contributed by atoms with Gasteiger partial charge in [-0.3, -0.25) is 4.79 Å². The molecule has 0 spiro atoms. The van der Waals surface area contributed by atoms with Crippen LogP contribution in [0.25, 0.3) is 0 Å². The minimum Gasteiger partial charge on any atom is -0.371 e. The highest BCUT2D eigenvalue weighted by molar-refractivity contribution is 6.06. The number of amides is 1. The molecule has 0 aliphatic rings. The molecule has 0 radical (unpaired) electrons. The normalized spacial score (nSPS) is 10.3. The van der Waals surface area contributed by atoms with Crippen LogP contribution in [0, 0.1) is 12.7 Å². The first-order valence-corrected chi connectivity index (χ1v) is 6.79. The molecule has 1 N–H and O–H groups in total. The second-order valence-electron chi connectivity index (χ2n) is 4.66. The number of nitrogens with one attached hydrogen (secondary N) is 1. The lowest BCUT2D eigenvalue weighted by molar-refractivity contribution is 0.0984. The maximum absolute atomic E-state index is 14.2. The predicted octanol–water partition coefficient (Wildman–Crippen LogP) is 3.24. The number of nitrogens with zero attached hydrogens (tertiary/aromatic N) is 2. The monoisotopic (exact) mass is 287 g/mol. The van der Waals surface area contributed by atoms with Crippen molar-refractivity contribution in [2.24, 2.45) is 0 Å². The molecule has 0 fully saturated rings. The van der Waals surface area contributed by atoms with E-state index in [-0.39, 0.29) is 17.3 Å². The second-order valence-corrected chi connectivity index (χ2v) is 4.66. The van der Waals surface area contributed by atoms with Gasteiger partial charge in [0, 0.05) is 25.5 Å². The molecular weight excluding hydrogens is 269 g/mol. The van der Waals surface area contributed by atoms with Gasteiger partial charge in [0.05, 0.1) is 5.56 Å². The summed E-state index contributed by atoms with van der Waals surface area (Å²) in [4.78, 5) is 18.0. The summed E-state index contributed by atoms with van der Waals surface area (Å²) in [5.41, 5.74) is 1.81. The van der Waals surface area contributed by atoms with Gasteiger partial charge in [-0.05, 0) is 37.6 Å².